The Morgan fingerprint density at radius 1 is 1.33 bits per heavy atom. The number of nitrogens with one attached hydrogen (secondary N) is 1. The topological polar surface area (TPSA) is 83.8 Å². The van der Waals surface area contributed by atoms with Gasteiger partial charge < -0.3 is 24.6 Å². The lowest BCUT2D eigenvalue weighted by Gasteiger charge is -2.23. The summed E-state index contributed by atoms with van der Waals surface area (Å²) in [6.45, 7) is 1.19. The minimum Gasteiger partial charge on any atom is -0.449 e. The number of fused-ring (bicyclic) bond motifs is 1. The smallest absolute Gasteiger partial charge is 0.449 e. The number of nitrogens with zero attached hydrogens (tertiary/aromatic N) is 2. The highest BCUT2D eigenvalue weighted by molar-refractivity contribution is 6.38. The first-order valence-corrected chi connectivity index (χ1v) is 9.74. The van der Waals surface area contributed by atoms with Gasteiger partial charge in [0, 0.05) is 24.8 Å². The Bertz CT molecular complexity index is 1180. The third-order valence-corrected chi connectivity index (χ3v) is 5.63. The standard InChI is InChI=1S/C21H19ClFN3O4/c1-24-12-7-8-25(10-12)19-15(23)9-14-18(17(19)22)26(13-5-3-2-4-6-13)11-16(20(14)27)30-21(28)29/h2-6,9,11-12,24H,7-8,10H2,1H3,(H,28,29). The molecule has 7 nitrogen and oxygen atoms in total. The average Bonchev–Trinajstić information content (AvgIpc) is 3.19. The molecule has 0 amide bonds. The summed E-state index contributed by atoms with van der Waals surface area (Å²) in [6, 6.07) is 10.2. The van der Waals surface area contributed by atoms with E-state index in [1.54, 1.807) is 28.8 Å². The fourth-order valence-corrected chi connectivity index (χ4v) is 4.23. The quantitative estimate of drug-likeness (QED) is 0.614. The van der Waals surface area contributed by atoms with Crippen LogP contribution in [-0.2, 0) is 0 Å². The molecule has 0 bridgehead atoms. The summed E-state index contributed by atoms with van der Waals surface area (Å²) >= 11 is 6.68. The lowest BCUT2D eigenvalue weighted by Crippen LogP contribution is -2.30. The second-order valence-electron chi connectivity index (χ2n) is 7.03. The highest BCUT2D eigenvalue weighted by Gasteiger charge is 2.28. The molecule has 2 aromatic carbocycles. The van der Waals surface area contributed by atoms with E-state index in [-0.39, 0.29) is 27.7 Å². The largest absolute Gasteiger partial charge is 0.511 e. The molecule has 1 aliphatic rings. The normalized spacial score (nSPS) is 16.2. The predicted molar refractivity (Wildman–Crippen MR) is 113 cm³/mol. The lowest BCUT2D eigenvalue weighted by molar-refractivity contribution is 0.144. The molecule has 0 saturated carbocycles. The number of rotatable bonds is 4. The molecule has 30 heavy (non-hydrogen) atoms. The van der Waals surface area contributed by atoms with Crippen molar-refractivity contribution >= 4 is 34.3 Å². The molecule has 0 spiro atoms. The van der Waals surface area contributed by atoms with Gasteiger partial charge in [-0.15, -0.1) is 0 Å². The third-order valence-electron chi connectivity index (χ3n) is 5.27. The van der Waals surface area contributed by atoms with Crippen LogP contribution < -0.4 is 20.4 Å². The molecule has 1 aliphatic heterocycles. The molecule has 1 unspecified atom stereocenters. The average molecular weight is 432 g/mol. The molecular formula is C21H19ClFN3O4. The monoisotopic (exact) mass is 431 g/mol. The van der Waals surface area contributed by atoms with Gasteiger partial charge >= 0.3 is 6.16 Å². The third kappa shape index (κ3) is 3.48. The van der Waals surface area contributed by atoms with Crippen LogP contribution in [-0.4, -0.2) is 42.0 Å². The van der Waals surface area contributed by atoms with Gasteiger partial charge in [0.25, 0.3) is 0 Å². The van der Waals surface area contributed by atoms with E-state index in [0.29, 0.717) is 18.8 Å². The first kappa shape index (κ1) is 20.2. The van der Waals surface area contributed by atoms with Crippen LogP contribution in [0, 0.1) is 5.82 Å². The number of hydrogen-bond donors (Lipinski definition) is 2. The number of benzene rings is 2. The Labute approximate surface area is 176 Å². The Balaban J connectivity index is 2.02. The van der Waals surface area contributed by atoms with Gasteiger partial charge in [-0.05, 0) is 31.7 Å². The molecule has 0 radical (unpaired) electrons. The molecule has 9 heteroatoms. The van der Waals surface area contributed by atoms with Crippen molar-refractivity contribution in [1.29, 1.82) is 0 Å². The maximum absolute atomic E-state index is 15.1. The lowest BCUT2D eigenvalue weighted by atomic mass is 10.1. The molecule has 156 valence electrons. The summed E-state index contributed by atoms with van der Waals surface area (Å²) in [5, 5.41) is 12.2. The number of ether oxygens (including phenoxy) is 1. The molecule has 1 fully saturated rings. The number of carboxylic acid groups (broad SMARTS) is 1. The van der Waals surface area contributed by atoms with Gasteiger partial charge in [0.1, 0.15) is 5.82 Å². The molecule has 0 aliphatic carbocycles. The summed E-state index contributed by atoms with van der Waals surface area (Å²) in [5.41, 5.74) is 0.376. The summed E-state index contributed by atoms with van der Waals surface area (Å²) in [6.07, 6.45) is 0.466. The van der Waals surface area contributed by atoms with Crippen LogP contribution in [0.4, 0.5) is 14.9 Å². The van der Waals surface area contributed by atoms with Gasteiger partial charge in [-0.3, -0.25) is 4.79 Å². The van der Waals surface area contributed by atoms with E-state index >= 15 is 4.39 Å². The van der Waals surface area contributed by atoms with E-state index in [4.69, 9.17) is 16.7 Å². The Morgan fingerprint density at radius 3 is 2.70 bits per heavy atom. The highest BCUT2D eigenvalue weighted by atomic mass is 35.5. The number of aromatic nitrogens is 1. The number of pyridine rings is 1. The maximum Gasteiger partial charge on any atom is 0.511 e. The van der Waals surface area contributed by atoms with Gasteiger partial charge in [-0.2, -0.15) is 0 Å². The second-order valence-corrected chi connectivity index (χ2v) is 7.41. The predicted octanol–water partition coefficient (Wildman–Crippen LogP) is 3.64. The second kappa shape index (κ2) is 7.97. The van der Waals surface area contributed by atoms with Crippen molar-refractivity contribution in [2.45, 2.75) is 12.5 Å². The summed E-state index contributed by atoms with van der Waals surface area (Å²) in [4.78, 5) is 25.7. The summed E-state index contributed by atoms with van der Waals surface area (Å²) in [5.74, 6) is -1.08. The van der Waals surface area contributed by atoms with Crippen molar-refractivity contribution < 1.29 is 19.0 Å². The Morgan fingerprint density at radius 2 is 2.07 bits per heavy atom. The molecule has 1 aromatic heterocycles. The number of para-hydroxylation sites is 1. The molecule has 2 heterocycles. The fourth-order valence-electron chi connectivity index (χ4n) is 3.83. The van der Waals surface area contributed by atoms with Crippen LogP contribution in [0.25, 0.3) is 16.6 Å². The van der Waals surface area contributed by atoms with E-state index in [0.717, 1.165) is 12.5 Å². The summed E-state index contributed by atoms with van der Waals surface area (Å²) < 4.78 is 21.3. The maximum atomic E-state index is 15.1. The minimum absolute atomic E-state index is 0.0618. The van der Waals surface area contributed by atoms with Crippen LogP contribution >= 0.6 is 11.6 Å². The Kier molecular flexibility index (Phi) is 5.36. The number of halogens is 2. The number of likely N-dealkylation sites (N-methyl/N-ethyl adjacent to an activating group) is 1. The first-order chi connectivity index (χ1) is 14.4. The zero-order valence-corrected chi connectivity index (χ0v) is 16.8. The van der Waals surface area contributed by atoms with Gasteiger partial charge in [0.15, 0.2) is 5.75 Å². The van der Waals surface area contributed by atoms with E-state index in [2.05, 4.69) is 10.1 Å². The van der Waals surface area contributed by atoms with Crippen LogP contribution in [0.1, 0.15) is 6.42 Å². The Hall–Kier alpha value is -3.10. The van der Waals surface area contributed by atoms with Gasteiger partial charge in [-0.25, -0.2) is 9.18 Å². The molecule has 1 atom stereocenters. The minimum atomic E-state index is -1.63. The molecule has 1 saturated heterocycles. The zero-order valence-electron chi connectivity index (χ0n) is 16.1. The molecule has 3 aromatic rings. The van der Waals surface area contributed by atoms with Crippen molar-refractivity contribution in [2.24, 2.45) is 0 Å². The fraction of sp³-hybridized carbons (Fsp3) is 0.238. The van der Waals surface area contributed by atoms with Crippen molar-refractivity contribution in [2.75, 3.05) is 25.0 Å². The molecule has 4 rings (SSSR count). The van der Waals surface area contributed by atoms with Gasteiger partial charge in [0.05, 0.1) is 27.8 Å². The first-order valence-electron chi connectivity index (χ1n) is 9.36. The van der Waals surface area contributed by atoms with E-state index in [9.17, 15) is 9.59 Å². The molecule has 2 N–H and O–H groups in total. The van der Waals surface area contributed by atoms with Crippen LogP contribution in [0.15, 0.2) is 47.4 Å². The van der Waals surface area contributed by atoms with Gasteiger partial charge in [0.2, 0.25) is 5.43 Å². The van der Waals surface area contributed by atoms with Crippen molar-refractivity contribution in [1.82, 2.24) is 9.88 Å². The van der Waals surface area contributed by atoms with Crippen LogP contribution in [0.3, 0.4) is 0 Å². The van der Waals surface area contributed by atoms with Gasteiger partial charge in [-0.1, -0.05) is 29.8 Å². The van der Waals surface area contributed by atoms with E-state index in [1.807, 2.05) is 18.0 Å². The number of anilines is 1. The number of carbonyl (C=O) groups is 1. The van der Waals surface area contributed by atoms with Crippen molar-refractivity contribution in [3.05, 3.63) is 63.7 Å². The van der Waals surface area contributed by atoms with E-state index in [1.165, 1.54) is 6.20 Å². The summed E-state index contributed by atoms with van der Waals surface area (Å²) in [7, 11) is 1.85. The van der Waals surface area contributed by atoms with Crippen LogP contribution in [0.2, 0.25) is 5.02 Å². The SMILES string of the molecule is CNC1CCN(c2c(F)cc3c(=O)c(OC(=O)O)cn(-c4ccccc4)c3c2Cl)C1. The van der Waals surface area contributed by atoms with Crippen LogP contribution in [0.5, 0.6) is 5.75 Å². The molecular weight excluding hydrogens is 413 g/mol. The number of hydrogen-bond acceptors (Lipinski definition) is 5. The highest BCUT2D eigenvalue weighted by Crippen LogP contribution is 2.38. The zero-order chi connectivity index (χ0) is 21.4. The van der Waals surface area contributed by atoms with Crippen molar-refractivity contribution in [3.63, 3.8) is 0 Å². The van der Waals surface area contributed by atoms with Crippen molar-refractivity contribution in [3.8, 4) is 11.4 Å². The van der Waals surface area contributed by atoms with E-state index < -0.39 is 23.2 Å².